The Kier molecular flexibility index (Phi) is 4.39. The fourth-order valence-electron chi connectivity index (χ4n) is 7.97. The first kappa shape index (κ1) is 19.2. The molecule has 0 aromatic heterocycles. The summed E-state index contributed by atoms with van der Waals surface area (Å²) in [4.78, 5) is 0. The van der Waals surface area contributed by atoms with Crippen molar-refractivity contribution in [2.75, 3.05) is 0 Å². The summed E-state index contributed by atoms with van der Waals surface area (Å²) >= 11 is 0. The maximum Gasteiger partial charge on any atom is 0.160 e. The van der Waals surface area contributed by atoms with Gasteiger partial charge in [-0.15, -0.1) is 0 Å². The van der Waals surface area contributed by atoms with Crippen molar-refractivity contribution < 1.29 is 14.9 Å². The molecule has 0 radical (unpaired) electrons. The molecule has 0 heterocycles. The SMILES string of the molecule is CC(C)(O)OC1CC2CCCCC2(C)C2CCC3(C)C(CC[C@]3(C)O)C12. The summed E-state index contributed by atoms with van der Waals surface area (Å²) in [6.07, 6.45) is 11.0. The molecular weight excluding hydrogens is 324 g/mol. The van der Waals surface area contributed by atoms with E-state index in [1.807, 2.05) is 0 Å². The smallest absolute Gasteiger partial charge is 0.160 e. The highest BCUT2D eigenvalue weighted by molar-refractivity contribution is 5.14. The predicted molar refractivity (Wildman–Crippen MR) is 104 cm³/mol. The van der Waals surface area contributed by atoms with Crippen LogP contribution in [0, 0.1) is 34.5 Å². The zero-order chi connectivity index (χ0) is 19.0. The Balaban J connectivity index is 1.73. The van der Waals surface area contributed by atoms with Crippen molar-refractivity contribution in [1.29, 1.82) is 0 Å². The summed E-state index contributed by atoms with van der Waals surface area (Å²) < 4.78 is 6.34. The van der Waals surface area contributed by atoms with E-state index in [1.54, 1.807) is 13.8 Å². The normalized spacial score (nSPS) is 54.3. The van der Waals surface area contributed by atoms with Gasteiger partial charge in [-0.05, 0) is 100 Å². The standard InChI is InChI=1S/C23H40O3/c1-20(2,24)26-18-14-15-8-6-7-11-21(15,3)16-9-12-22(4)17(19(16)18)10-13-23(22,5)25/h15-19,24-25H,6-14H2,1-5H3/t15?,16?,17?,18?,19?,21?,22?,23-/m0/s1. The lowest BCUT2D eigenvalue weighted by molar-refractivity contribution is -0.267. The molecule has 4 fully saturated rings. The molecule has 3 heteroatoms. The first-order chi connectivity index (χ1) is 12.0. The molecule has 0 amide bonds. The highest BCUT2D eigenvalue weighted by Gasteiger charge is 2.65. The third-order valence-corrected chi connectivity index (χ3v) is 9.58. The minimum atomic E-state index is -1.08. The van der Waals surface area contributed by atoms with E-state index in [9.17, 15) is 10.2 Å². The van der Waals surface area contributed by atoms with Crippen molar-refractivity contribution in [1.82, 2.24) is 0 Å². The molecule has 8 atom stereocenters. The largest absolute Gasteiger partial charge is 0.390 e. The van der Waals surface area contributed by atoms with Crippen molar-refractivity contribution >= 4 is 0 Å². The van der Waals surface area contributed by atoms with Gasteiger partial charge in [0.1, 0.15) is 0 Å². The number of aliphatic hydroxyl groups is 2. The third kappa shape index (κ3) is 2.71. The fourth-order valence-corrected chi connectivity index (χ4v) is 7.97. The molecule has 3 nitrogen and oxygen atoms in total. The second kappa shape index (κ2) is 5.94. The molecular formula is C23H40O3. The lowest BCUT2D eigenvalue weighted by atomic mass is 9.44. The van der Waals surface area contributed by atoms with Crippen LogP contribution in [0.5, 0.6) is 0 Å². The highest BCUT2D eigenvalue weighted by atomic mass is 16.6. The Bertz CT molecular complexity index is 550. The minimum absolute atomic E-state index is 0.00671. The molecule has 0 spiro atoms. The van der Waals surface area contributed by atoms with E-state index >= 15 is 0 Å². The Morgan fingerprint density at radius 1 is 0.923 bits per heavy atom. The zero-order valence-electron chi connectivity index (χ0n) is 17.6. The maximum absolute atomic E-state index is 11.2. The summed E-state index contributed by atoms with van der Waals surface area (Å²) in [6, 6.07) is 0. The Morgan fingerprint density at radius 3 is 2.31 bits per heavy atom. The number of rotatable bonds is 2. The van der Waals surface area contributed by atoms with Crippen LogP contribution in [-0.2, 0) is 4.74 Å². The van der Waals surface area contributed by atoms with Crippen LogP contribution < -0.4 is 0 Å². The molecule has 4 saturated carbocycles. The molecule has 4 rings (SSSR count). The monoisotopic (exact) mass is 364 g/mol. The average Bonchev–Trinajstić information content (AvgIpc) is 2.76. The second-order valence-electron chi connectivity index (χ2n) is 11.3. The first-order valence-electron chi connectivity index (χ1n) is 11.1. The lowest BCUT2D eigenvalue weighted by Gasteiger charge is -2.63. The van der Waals surface area contributed by atoms with Gasteiger partial charge in [-0.3, -0.25) is 0 Å². The molecule has 0 bridgehead atoms. The maximum atomic E-state index is 11.2. The summed E-state index contributed by atoms with van der Waals surface area (Å²) in [6.45, 7) is 10.5. The molecule has 4 aliphatic carbocycles. The Labute approximate surface area is 159 Å². The van der Waals surface area contributed by atoms with Gasteiger partial charge < -0.3 is 14.9 Å². The van der Waals surface area contributed by atoms with Gasteiger partial charge in [-0.1, -0.05) is 26.7 Å². The van der Waals surface area contributed by atoms with Crippen LogP contribution >= 0.6 is 0 Å². The van der Waals surface area contributed by atoms with E-state index in [0.29, 0.717) is 23.2 Å². The van der Waals surface area contributed by atoms with Crippen molar-refractivity contribution in [2.24, 2.45) is 34.5 Å². The van der Waals surface area contributed by atoms with Crippen LogP contribution in [0.25, 0.3) is 0 Å². The van der Waals surface area contributed by atoms with Crippen LogP contribution in [-0.4, -0.2) is 27.7 Å². The lowest BCUT2D eigenvalue weighted by Crippen LogP contribution is -2.60. The van der Waals surface area contributed by atoms with Crippen LogP contribution in [0.15, 0.2) is 0 Å². The summed E-state index contributed by atoms with van der Waals surface area (Å²) in [5.41, 5.74) is -0.141. The van der Waals surface area contributed by atoms with Crippen molar-refractivity contribution in [3.63, 3.8) is 0 Å². The number of fused-ring (bicyclic) bond motifs is 5. The molecule has 7 unspecified atom stereocenters. The van der Waals surface area contributed by atoms with Gasteiger partial charge in [-0.25, -0.2) is 0 Å². The summed E-state index contributed by atoms with van der Waals surface area (Å²) in [5.74, 6) is 1.33. The first-order valence-corrected chi connectivity index (χ1v) is 11.1. The minimum Gasteiger partial charge on any atom is -0.390 e. The zero-order valence-corrected chi connectivity index (χ0v) is 17.6. The number of ether oxygens (including phenoxy) is 1. The van der Waals surface area contributed by atoms with E-state index in [1.165, 1.54) is 32.1 Å². The predicted octanol–water partition coefficient (Wildman–Crippen LogP) is 4.89. The molecule has 0 aromatic rings. The van der Waals surface area contributed by atoms with Crippen LogP contribution in [0.1, 0.15) is 92.4 Å². The topological polar surface area (TPSA) is 49.7 Å². The fraction of sp³-hybridized carbons (Fsp3) is 1.00. The van der Waals surface area contributed by atoms with Gasteiger partial charge >= 0.3 is 0 Å². The van der Waals surface area contributed by atoms with E-state index in [-0.39, 0.29) is 11.5 Å². The van der Waals surface area contributed by atoms with Crippen molar-refractivity contribution in [2.45, 2.75) is 110 Å². The summed E-state index contributed by atoms with van der Waals surface area (Å²) in [5, 5.41) is 21.6. The number of hydrogen-bond acceptors (Lipinski definition) is 3. The van der Waals surface area contributed by atoms with Gasteiger partial charge in [-0.2, -0.15) is 0 Å². The van der Waals surface area contributed by atoms with E-state index in [4.69, 9.17) is 4.74 Å². The second-order valence-corrected chi connectivity index (χ2v) is 11.3. The van der Waals surface area contributed by atoms with E-state index < -0.39 is 11.4 Å². The van der Waals surface area contributed by atoms with Gasteiger partial charge in [0, 0.05) is 0 Å². The van der Waals surface area contributed by atoms with Crippen LogP contribution in [0.2, 0.25) is 0 Å². The van der Waals surface area contributed by atoms with Crippen molar-refractivity contribution in [3.8, 4) is 0 Å². The molecule has 0 aliphatic heterocycles. The quantitative estimate of drug-likeness (QED) is 0.686. The Morgan fingerprint density at radius 2 is 1.62 bits per heavy atom. The molecule has 2 N–H and O–H groups in total. The molecule has 150 valence electrons. The Hall–Kier alpha value is -0.120. The van der Waals surface area contributed by atoms with Gasteiger partial charge in [0.15, 0.2) is 5.79 Å². The van der Waals surface area contributed by atoms with E-state index in [2.05, 4.69) is 20.8 Å². The van der Waals surface area contributed by atoms with Crippen molar-refractivity contribution in [3.05, 3.63) is 0 Å². The highest BCUT2D eigenvalue weighted by Crippen LogP contribution is 2.68. The molecule has 0 saturated heterocycles. The average molecular weight is 365 g/mol. The van der Waals surface area contributed by atoms with E-state index in [0.717, 1.165) is 31.6 Å². The molecule has 0 aromatic carbocycles. The molecule has 4 aliphatic rings. The van der Waals surface area contributed by atoms with Gasteiger partial charge in [0.25, 0.3) is 0 Å². The molecule has 26 heavy (non-hydrogen) atoms. The number of hydrogen-bond donors (Lipinski definition) is 2. The summed E-state index contributed by atoms with van der Waals surface area (Å²) in [7, 11) is 0. The third-order valence-electron chi connectivity index (χ3n) is 9.58. The van der Waals surface area contributed by atoms with Gasteiger partial charge in [0.05, 0.1) is 11.7 Å². The van der Waals surface area contributed by atoms with Crippen LogP contribution in [0.3, 0.4) is 0 Å². The van der Waals surface area contributed by atoms with Gasteiger partial charge in [0.2, 0.25) is 0 Å². The van der Waals surface area contributed by atoms with Crippen LogP contribution in [0.4, 0.5) is 0 Å².